The van der Waals surface area contributed by atoms with Gasteiger partial charge >= 0.3 is 6.09 Å². The number of nitrogens with zero attached hydrogens (tertiary/aromatic N) is 6. The van der Waals surface area contributed by atoms with Crippen LogP contribution in [-0.2, 0) is 24.6 Å². The number of benzene rings is 1. The van der Waals surface area contributed by atoms with Crippen molar-refractivity contribution < 1.29 is 18.7 Å². The van der Waals surface area contributed by atoms with E-state index in [2.05, 4.69) is 15.3 Å². The Bertz CT molecular complexity index is 1450. The van der Waals surface area contributed by atoms with Gasteiger partial charge in [0.2, 0.25) is 0 Å². The third-order valence-electron chi connectivity index (χ3n) is 6.37. The van der Waals surface area contributed by atoms with Crippen LogP contribution in [0.2, 0.25) is 0 Å². The Kier molecular flexibility index (Phi) is 7.71. The Morgan fingerprint density at radius 2 is 1.87 bits per heavy atom. The molecular weight excluding hydrogens is 487 g/mol. The van der Waals surface area contributed by atoms with Gasteiger partial charge in [0.1, 0.15) is 23.0 Å². The van der Waals surface area contributed by atoms with Crippen molar-refractivity contribution in [3.63, 3.8) is 0 Å². The van der Waals surface area contributed by atoms with E-state index in [0.29, 0.717) is 43.2 Å². The normalized spacial score (nSPS) is 11.7. The molecule has 0 N–H and O–H groups in total. The predicted octanol–water partition coefficient (Wildman–Crippen LogP) is 4.92. The van der Waals surface area contributed by atoms with Crippen LogP contribution in [0.1, 0.15) is 43.5 Å². The molecule has 9 nitrogen and oxygen atoms in total. The summed E-state index contributed by atoms with van der Waals surface area (Å²) in [7, 11) is 3.61. The van der Waals surface area contributed by atoms with Gasteiger partial charge < -0.3 is 14.4 Å². The standard InChI is InChI=1S/C28H35FN6O3/c1-18-22(19(2)34(7)32-18)13-15-37-24-16-21(29)9-10-23(24)20-8-11-25-30-31-26(35(25)17-20)12-14-33(6)27(36)38-28(3,4)5/h8-11,16-17H,12-15H2,1-7H3. The summed E-state index contributed by atoms with van der Waals surface area (Å²) in [6, 6.07) is 8.32. The number of amides is 1. The molecular formula is C28H35FN6O3. The van der Waals surface area contributed by atoms with Crippen LogP contribution < -0.4 is 4.74 Å². The molecule has 0 bridgehead atoms. The maximum atomic E-state index is 14.2. The van der Waals surface area contributed by atoms with Crippen molar-refractivity contribution >= 4 is 11.7 Å². The lowest BCUT2D eigenvalue weighted by molar-refractivity contribution is 0.0300. The van der Waals surface area contributed by atoms with Crippen molar-refractivity contribution in [3.8, 4) is 16.9 Å². The van der Waals surface area contributed by atoms with Crippen LogP contribution >= 0.6 is 0 Å². The molecule has 0 saturated carbocycles. The lowest BCUT2D eigenvalue weighted by Crippen LogP contribution is -2.35. The fraction of sp³-hybridized carbons (Fsp3) is 0.429. The van der Waals surface area contributed by atoms with E-state index in [1.54, 1.807) is 13.1 Å². The summed E-state index contributed by atoms with van der Waals surface area (Å²) in [6.07, 6.45) is 2.67. The molecule has 0 aliphatic heterocycles. The van der Waals surface area contributed by atoms with Gasteiger partial charge in [-0.3, -0.25) is 9.08 Å². The largest absolute Gasteiger partial charge is 0.492 e. The highest BCUT2D eigenvalue weighted by Gasteiger charge is 2.20. The number of hydrogen-bond acceptors (Lipinski definition) is 6. The molecule has 202 valence electrons. The van der Waals surface area contributed by atoms with Crippen LogP contribution in [0.5, 0.6) is 5.75 Å². The van der Waals surface area contributed by atoms with Crippen LogP contribution in [0.25, 0.3) is 16.8 Å². The van der Waals surface area contributed by atoms with Gasteiger partial charge in [-0.25, -0.2) is 9.18 Å². The quantitative estimate of drug-likeness (QED) is 0.327. The Hall–Kier alpha value is -3.95. The van der Waals surface area contributed by atoms with Crippen LogP contribution in [0.15, 0.2) is 36.5 Å². The second-order valence-electron chi connectivity index (χ2n) is 10.4. The molecule has 0 fully saturated rings. The third kappa shape index (κ3) is 6.12. The first-order chi connectivity index (χ1) is 17.9. The minimum Gasteiger partial charge on any atom is -0.492 e. The molecule has 0 spiro atoms. The molecule has 3 heterocycles. The van der Waals surface area contributed by atoms with Crippen molar-refractivity contribution in [1.82, 2.24) is 29.3 Å². The molecule has 0 aliphatic rings. The summed E-state index contributed by atoms with van der Waals surface area (Å²) in [6.45, 7) is 10.3. The zero-order chi connectivity index (χ0) is 27.6. The van der Waals surface area contributed by atoms with Gasteiger partial charge in [-0.1, -0.05) is 0 Å². The molecule has 4 rings (SSSR count). The number of carbonyl (C=O) groups is 1. The lowest BCUT2D eigenvalue weighted by atomic mass is 10.1. The van der Waals surface area contributed by atoms with Crippen LogP contribution in [0, 0.1) is 19.7 Å². The number of rotatable bonds is 8. The first-order valence-corrected chi connectivity index (χ1v) is 12.6. The van der Waals surface area contributed by atoms with E-state index in [9.17, 15) is 9.18 Å². The zero-order valence-corrected chi connectivity index (χ0v) is 23.1. The topological polar surface area (TPSA) is 86.8 Å². The van der Waals surface area contributed by atoms with Gasteiger partial charge in [0, 0.05) is 62.6 Å². The minimum atomic E-state index is -0.563. The number of fused-ring (bicyclic) bond motifs is 1. The molecule has 0 radical (unpaired) electrons. The monoisotopic (exact) mass is 522 g/mol. The van der Waals surface area contributed by atoms with Gasteiger partial charge in [-0.05, 0) is 64.4 Å². The number of pyridine rings is 1. The van der Waals surface area contributed by atoms with Crippen LogP contribution in [0.3, 0.4) is 0 Å². The maximum absolute atomic E-state index is 14.2. The molecule has 4 aromatic rings. The highest BCUT2D eigenvalue weighted by molar-refractivity contribution is 5.71. The molecule has 1 amide bonds. The van der Waals surface area contributed by atoms with Crippen molar-refractivity contribution in [2.75, 3.05) is 20.2 Å². The van der Waals surface area contributed by atoms with E-state index in [1.807, 2.05) is 69.1 Å². The molecule has 10 heteroatoms. The summed E-state index contributed by atoms with van der Waals surface area (Å²) in [4.78, 5) is 13.8. The Morgan fingerprint density at radius 3 is 2.55 bits per heavy atom. The Labute approximate surface area is 222 Å². The van der Waals surface area contributed by atoms with Gasteiger partial charge in [0.25, 0.3) is 0 Å². The highest BCUT2D eigenvalue weighted by Crippen LogP contribution is 2.31. The molecule has 0 aliphatic carbocycles. The van der Waals surface area contributed by atoms with E-state index in [1.165, 1.54) is 17.0 Å². The van der Waals surface area contributed by atoms with Crippen molar-refractivity contribution in [1.29, 1.82) is 0 Å². The minimum absolute atomic E-state index is 0.367. The number of aryl methyl sites for hydroxylation is 2. The lowest BCUT2D eigenvalue weighted by Gasteiger charge is -2.24. The number of carbonyl (C=O) groups excluding carboxylic acids is 1. The summed E-state index contributed by atoms with van der Waals surface area (Å²) in [5, 5.41) is 13.0. The summed E-state index contributed by atoms with van der Waals surface area (Å²) < 4.78 is 29.4. The summed E-state index contributed by atoms with van der Waals surface area (Å²) in [5.74, 6) is 0.793. The highest BCUT2D eigenvalue weighted by atomic mass is 19.1. The summed E-state index contributed by atoms with van der Waals surface area (Å²) >= 11 is 0. The molecule has 38 heavy (non-hydrogen) atoms. The predicted molar refractivity (Wildman–Crippen MR) is 143 cm³/mol. The van der Waals surface area contributed by atoms with Crippen molar-refractivity contribution in [3.05, 3.63) is 65.1 Å². The zero-order valence-electron chi connectivity index (χ0n) is 23.1. The smallest absolute Gasteiger partial charge is 0.410 e. The SMILES string of the molecule is Cc1nn(C)c(C)c1CCOc1cc(F)ccc1-c1ccc2nnc(CCN(C)C(=O)OC(C)(C)C)n2c1. The van der Waals surface area contributed by atoms with Crippen molar-refractivity contribution in [2.24, 2.45) is 7.05 Å². The van der Waals surface area contributed by atoms with E-state index in [0.717, 1.165) is 28.1 Å². The van der Waals surface area contributed by atoms with E-state index in [4.69, 9.17) is 9.47 Å². The molecule has 1 aromatic carbocycles. The van der Waals surface area contributed by atoms with Crippen LogP contribution in [0.4, 0.5) is 9.18 Å². The average molecular weight is 523 g/mol. The van der Waals surface area contributed by atoms with E-state index in [-0.39, 0.29) is 5.82 Å². The number of likely N-dealkylation sites (N-methyl/N-ethyl adjacent to an activating group) is 1. The van der Waals surface area contributed by atoms with Crippen LogP contribution in [-0.4, -0.2) is 61.2 Å². The van der Waals surface area contributed by atoms with Gasteiger partial charge in [0.15, 0.2) is 5.65 Å². The molecule has 0 unspecified atom stereocenters. The maximum Gasteiger partial charge on any atom is 0.410 e. The van der Waals surface area contributed by atoms with Gasteiger partial charge in [0.05, 0.1) is 12.3 Å². The number of halogens is 1. The number of aromatic nitrogens is 5. The van der Waals surface area contributed by atoms with Crippen molar-refractivity contribution in [2.45, 2.75) is 53.1 Å². The Morgan fingerprint density at radius 1 is 1.11 bits per heavy atom. The van der Waals surface area contributed by atoms with Gasteiger partial charge in [-0.2, -0.15) is 5.10 Å². The first kappa shape index (κ1) is 27.1. The number of hydrogen-bond donors (Lipinski definition) is 0. The molecule has 0 saturated heterocycles. The Balaban J connectivity index is 1.52. The fourth-order valence-corrected chi connectivity index (χ4v) is 4.26. The van der Waals surface area contributed by atoms with Gasteiger partial charge in [-0.15, -0.1) is 10.2 Å². The van der Waals surface area contributed by atoms with E-state index >= 15 is 0 Å². The second-order valence-corrected chi connectivity index (χ2v) is 10.4. The second kappa shape index (κ2) is 10.8. The average Bonchev–Trinajstić information content (AvgIpc) is 3.36. The number of ether oxygens (including phenoxy) is 2. The summed E-state index contributed by atoms with van der Waals surface area (Å²) in [5.41, 5.74) is 4.91. The molecule has 3 aromatic heterocycles. The third-order valence-corrected chi connectivity index (χ3v) is 6.37. The fourth-order valence-electron chi connectivity index (χ4n) is 4.26. The molecule has 0 atom stereocenters. The first-order valence-electron chi connectivity index (χ1n) is 12.6. The van der Waals surface area contributed by atoms with E-state index < -0.39 is 11.7 Å².